The molecule has 1 aromatic carbocycles. The van der Waals surface area contributed by atoms with Crippen molar-refractivity contribution in [3.05, 3.63) is 34.2 Å². The third-order valence-electron chi connectivity index (χ3n) is 1.48. The van der Waals surface area contributed by atoms with Crippen LogP contribution in [0.1, 0.15) is 0 Å². The molecule has 72 valence electrons. The van der Waals surface area contributed by atoms with Crippen LogP contribution in [0.4, 0.5) is 0 Å². The Hall–Kier alpha value is -0.520. The van der Waals surface area contributed by atoms with Crippen LogP contribution < -0.4 is 0 Å². The molecule has 2 aromatic rings. The number of thiazole rings is 1. The number of aromatic hydroxyl groups is 1. The Morgan fingerprint density at radius 3 is 2.93 bits per heavy atom. The van der Waals surface area contributed by atoms with Gasteiger partial charge in [-0.25, -0.2) is 4.98 Å². The molecule has 0 saturated heterocycles. The molecule has 14 heavy (non-hydrogen) atoms. The Bertz CT molecular complexity index is 444. The van der Waals surface area contributed by atoms with Gasteiger partial charge in [0, 0.05) is 10.3 Å². The molecule has 0 radical (unpaired) electrons. The zero-order valence-electron chi connectivity index (χ0n) is 6.98. The highest BCUT2D eigenvalue weighted by molar-refractivity contribution is 9.10. The zero-order chi connectivity index (χ0) is 9.97. The van der Waals surface area contributed by atoms with E-state index in [1.807, 2.05) is 17.5 Å². The fourth-order valence-electron chi connectivity index (χ4n) is 0.934. The number of phenols is 1. The van der Waals surface area contributed by atoms with Gasteiger partial charge in [-0.1, -0.05) is 17.8 Å². The van der Waals surface area contributed by atoms with Crippen molar-refractivity contribution >= 4 is 39.0 Å². The van der Waals surface area contributed by atoms with Crippen LogP contribution in [0, 0.1) is 0 Å². The van der Waals surface area contributed by atoms with Gasteiger partial charge in [0.25, 0.3) is 0 Å². The first-order valence-corrected chi connectivity index (χ1v) is 6.31. The first kappa shape index (κ1) is 10.0. The number of rotatable bonds is 2. The van der Waals surface area contributed by atoms with E-state index in [1.54, 1.807) is 23.5 Å². The van der Waals surface area contributed by atoms with Crippen molar-refractivity contribution < 1.29 is 5.11 Å². The average Bonchev–Trinajstić information content (AvgIpc) is 2.51. The molecule has 0 bridgehead atoms. The first-order valence-electron chi connectivity index (χ1n) is 3.82. The Morgan fingerprint density at radius 2 is 2.29 bits per heavy atom. The summed E-state index contributed by atoms with van der Waals surface area (Å²) in [6, 6.07) is 7.14. The highest BCUT2D eigenvalue weighted by Crippen LogP contribution is 2.32. The van der Waals surface area contributed by atoms with Gasteiger partial charge in [-0.05, 0) is 34.1 Å². The summed E-state index contributed by atoms with van der Waals surface area (Å²) in [5.41, 5.74) is 0. The minimum Gasteiger partial charge on any atom is -0.508 e. The fraction of sp³-hybridized carbons (Fsp3) is 0. The van der Waals surface area contributed by atoms with Crippen molar-refractivity contribution in [1.29, 1.82) is 0 Å². The van der Waals surface area contributed by atoms with Crippen molar-refractivity contribution in [3.63, 3.8) is 0 Å². The molecule has 2 nitrogen and oxygen atoms in total. The van der Waals surface area contributed by atoms with E-state index in [2.05, 4.69) is 20.9 Å². The molecule has 0 spiro atoms. The molecule has 1 N–H and O–H groups in total. The van der Waals surface area contributed by atoms with Crippen LogP contribution in [0.25, 0.3) is 0 Å². The third-order valence-corrected chi connectivity index (χ3v) is 4.12. The predicted molar refractivity (Wildman–Crippen MR) is 62.0 cm³/mol. The molecule has 0 saturated carbocycles. The maximum Gasteiger partial charge on any atom is 0.155 e. The van der Waals surface area contributed by atoms with Gasteiger partial charge in [0.2, 0.25) is 0 Å². The van der Waals surface area contributed by atoms with E-state index in [9.17, 15) is 5.11 Å². The number of aromatic nitrogens is 1. The predicted octanol–water partition coefficient (Wildman–Crippen LogP) is 3.76. The van der Waals surface area contributed by atoms with E-state index in [0.29, 0.717) is 0 Å². The van der Waals surface area contributed by atoms with E-state index in [-0.39, 0.29) is 5.75 Å². The zero-order valence-corrected chi connectivity index (χ0v) is 10.2. The minimum atomic E-state index is 0.283. The lowest BCUT2D eigenvalue weighted by Crippen LogP contribution is -1.71. The Morgan fingerprint density at radius 1 is 1.43 bits per heavy atom. The van der Waals surface area contributed by atoms with Gasteiger partial charge in [-0.3, -0.25) is 0 Å². The summed E-state index contributed by atoms with van der Waals surface area (Å²) in [5, 5.41) is 11.2. The SMILES string of the molecule is Oc1cccc(Sc2nc(Br)cs2)c1. The van der Waals surface area contributed by atoms with Gasteiger partial charge in [0.1, 0.15) is 10.4 Å². The molecule has 1 heterocycles. The van der Waals surface area contributed by atoms with Crippen molar-refractivity contribution in [2.24, 2.45) is 0 Å². The standard InChI is InChI=1S/C9H6BrNOS2/c10-8-5-13-9(11-8)14-7-3-1-2-6(12)4-7/h1-5,12H. The van der Waals surface area contributed by atoms with Crippen LogP contribution in [0.5, 0.6) is 5.75 Å². The molecule has 0 aliphatic rings. The molecule has 1 aromatic heterocycles. The molecule has 0 fully saturated rings. The summed E-state index contributed by atoms with van der Waals surface area (Å²) < 4.78 is 1.81. The summed E-state index contributed by atoms with van der Waals surface area (Å²) in [6.45, 7) is 0. The van der Waals surface area contributed by atoms with Crippen molar-refractivity contribution in [1.82, 2.24) is 4.98 Å². The fourth-order valence-corrected chi connectivity index (χ4v) is 3.33. The third kappa shape index (κ3) is 2.50. The van der Waals surface area contributed by atoms with Gasteiger partial charge < -0.3 is 5.11 Å². The Kier molecular flexibility index (Phi) is 3.10. The number of hydrogen-bond donors (Lipinski definition) is 1. The van der Waals surface area contributed by atoms with Crippen LogP contribution in [0.15, 0.2) is 43.5 Å². The number of benzene rings is 1. The van der Waals surface area contributed by atoms with Crippen molar-refractivity contribution in [3.8, 4) is 5.75 Å². The largest absolute Gasteiger partial charge is 0.508 e. The van der Waals surface area contributed by atoms with Gasteiger partial charge in [-0.15, -0.1) is 11.3 Å². The molecular weight excluding hydrogens is 282 g/mol. The van der Waals surface area contributed by atoms with Gasteiger partial charge >= 0.3 is 0 Å². The van der Waals surface area contributed by atoms with Crippen LogP contribution >= 0.6 is 39.0 Å². The minimum absolute atomic E-state index is 0.283. The number of hydrogen-bond acceptors (Lipinski definition) is 4. The van der Waals surface area contributed by atoms with E-state index in [4.69, 9.17) is 0 Å². The Balaban J connectivity index is 2.18. The van der Waals surface area contributed by atoms with Crippen LogP contribution in [0.3, 0.4) is 0 Å². The molecule has 5 heteroatoms. The molecule has 2 rings (SSSR count). The van der Waals surface area contributed by atoms with Crippen molar-refractivity contribution in [2.45, 2.75) is 9.24 Å². The van der Waals surface area contributed by atoms with Gasteiger partial charge in [0.15, 0.2) is 4.34 Å². The first-order chi connectivity index (χ1) is 6.74. The van der Waals surface area contributed by atoms with Crippen molar-refractivity contribution in [2.75, 3.05) is 0 Å². The normalized spacial score (nSPS) is 10.4. The average molecular weight is 288 g/mol. The number of nitrogens with zero attached hydrogens (tertiary/aromatic N) is 1. The number of phenolic OH excluding ortho intramolecular Hbond substituents is 1. The number of halogens is 1. The smallest absolute Gasteiger partial charge is 0.155 e. The molecule has 0 aliphatic heterocycles. The topological polar surface area (TPSA) is 33.1 Å². The molecular formula is C9H6BrNOS2. The quantitative estimate of drug-likeness (QED) is 0.913. The Labute approximate surface area is 98.1 Å². The van der Waals surface area contributed by atoms with Crippen LogP contribution in [-0.4, -0.2) is 10.1 Å². The summed E-state index contributed by atoms with van der Waals surface area (Å²) >= 11 is 6.41. The van der Waals surface area contributed by atoms with E-state index >= 15 is 0 Å². The van der Waals surface area contributed by atoms with Crippen LogP contribution in [-0.2, 0) is 0 Å². The second-order valence-corrected chi connectivity index (χ2v) is 5.53. The van der Waals surface area contributed by atoms with E-state index in [1.165, 1.54) is 11.8 Å². The maximum atomic E-state index is 9.26. The highest BCUT2D eigenvalue weighted by atomic mass is 79.9. The molecule has 0 amide bonds. The molecule has 0 atom stereocenters. The monoisotopic (exact) mass is 287 g/mol. The lowest BCUT2D eigenvalue weighted by atomic mass is 10.3. The second-order valence-electron chi connectivity index (χ2n) is 2.54. The van der Waals surface area contributed by atoms with Gasteiger partial charge in [0.05, 0.1) is 0 Å². The van der Waals surface area contributed by atoms with Crippen LogP contribution in [0.2, 0.25) is 0 Å². The summed E-state index contributed by atoms with van der Waals surface area (Å²) in [6.07, 6.45) is 0. The highest BCUT2D eigenvalue weighted by Gasteiger charge is 2.02. The maximum absolute atomic E-state index is 9.26. The summed E-state index contributed by atoms with van der Waals surface area (Å²) in [5.74, 6) is 0.283. The summed E-state index contributed by atoms with van der Waals surface area (Å²) in [4.78, 5) is 5.24. The summed E-state index contributed by atoms with van der Waals surface area (Å²) in [7, 11) is 0. The van der Waals surface area contributed by atoms with E-state index < -0.39 is 0 Å². The van der Waals surface area contributed by atoms with Gasteiger partial charge in [-0.2, -0.15) is 0 Å². The lowest BCUT2D eigenvalue weighted by molar-refractivity contribution is 0.474. The van der Waals surface area contributed by atoms with E-state index in [0.717, 1.165) is 13.8 Å². The second kappa shape index (κ2) is 4.33. The molecule has 0 aliphatic carbocycles. The molecule has 0 unspecified atom stereocenters. The lowest BCUT2D eigenvalue weighted by Gasteiger charge is -1.97.